The second-order valence-electron chi connectivity index (χ2n) is 3.81. The minimum Gasteiger partial charge on any atom is -0.497 e. The third kappa shape index (κ3) is 2.95. The molecule has 0 bridgehead atoms. The molecular formula is C11H16N2O2. The molecule has 0 aliphatic rings. The summed E-state index contributed by atoms with van der Waals surface area (Å²) in [5.41, 5.74) is 10.9. The van der Waals surface area contributed by atoms with Crippen molar-refractivity contribution in [1.82, 2.24) is 0 Å². The molecule has 0 heterocycles. The Labute approximate surface area is 89.2 Å². The lowest BCUT2D eigenvalue weighted by molar-refractivity contribution is -0.122. The zero-order valence-electron chi connectivity index (χ0n) is 8.99. The van der Waals surface area contributed by atoms with E-state index in [1.165, 1.54) is 0 Å². The van der Waals surface area contributed by atoms with E-state index < -0.39 is 11.4 Å². The van der Waals surface area contributed by atoms with Gasteiger partial charge in [0.05, 0.1) is 12.6 Å². The zero-order chi connectivity index (χ0) is 11.5. The molecule has 0 fully saturated rings. The van der Waals surface area contributed by atoms with E-state index in [9.17, 15) is 4.79 Å². The second-order valence-corrected chi connectivity index (χ2v) is 3.81. The molecule has 0 saturated heterocycles. The van der Waals surface area contributed by atoms with Crippen LogP contribution >= 0.6 is 0 Å². The standard InChI is InChI=1S/C11H16N2O2/c1-11(13,10(12)14)7-8-3-5-9(15-2)6-4-8/h3-6H,7,13H2,1-2H3,(H2,12,14)/t11-/m0/s1. The van der Waals surface area contributed by atoms with Crippen molar-refractivity contribution in [2.24, 2.45) is 11.5 Å². The summed E-state index contributed by atoms with van der Waals surface area (Å²) in [5.74, 6) is 0.273. The first-order valence-corrected chi connectivity index (χ1v) is 4.67. The van der Waals surface area contributed by atoms with E-state index in [1.54, 1.807) is 14.0 Å². The van der Waals surface area contributed by atoms with Crippen molar-refractivity contribution in [1.29, 1.82) is 0 Å². The number of carbonyl (C=O) groups is 1. The van der Waals surface area contributed by atoms with E-state index in [0.29, 0.717) is 6.42 Å². The number of hydrogen-bond donors (Lipinski definition) is 2. The Morgan fingerprint density at radius 1 is 1.40 bits per heavy atom. The maximum absolute atomic E-state index is 11.0. The molecule has 4 nitrogen and oxygen atoms in total. The molecule has 0 radical (unpaired) electrons. The summed E-state index contributed by atoms with van der Waals surface area (Å²) in [5, 5.41) is 0. The maximum Gasteiger partial charge on any atom is 0.237 e. The molecule has 4 heteroatoms. The minimum atomic E-state index is -1.01. The number of carbonyl (C=O) groups excluding carboxylic acids is 1. The Kier molecular flexibility index (Phi) is 3.31. The Morgan fingerprint density at radius 3 is 2.33 bits per heavy atom. The van der Waals surface area contributed by atoms with Gasteiger partial charge in [0.2, 0.25) is 5.91 Å². The van der Waals surface area contributed by atoms with Crippen molar-refractivity contribution >= 4 is 5.91 Å². The number of methoxy groups -OCH3 is 1. The SMILES string of the molecule is COc1ccc(C[C@](C)(N)C(N)=O)cc1. The van der Waals surface area contributed by atoms with Gasteiger partial charge in [-0.25, -0.2) is 0 Å². The van der Waals surface area contributed by atoms with E-state index in [0.717, 1.165) is 11.3 Å². The topological polar surface area (TPSA) is 78.3 Å². The second kappa shape index (κ2) is 4.31. The number of amides is 1. The van der Waals surface area contributed by atoms with Gasteiger partial charge in [0.1, 0.15) is 5.75 Å². The Balaban J connectivity index is 2.77. The van der Waals surface area contributed by atoms with Gasteiger partial charge in [0.25, 0.3) is 0 Å². The molecule has 0 saturated carbocycles. The summed E-state index contributed by atoms with van der Waals surface area (Å²) in [6.45, 7) is 1.62. The Bertz CT molecular complexity index is 344. The van der Waals surface area contributed by atoms with Gasteiger partial charge in [-0.1, -0.05) is 12.1 Å². The molecule has 82 valence electrons. The molecule has 15 heavy (non-hydrogen) atoms. The van der Waals surface area contributed by atoms with Gasteiger partial charge in [-0.15, -0.1) is 0 Å². The van der Waals surface area contributed by atoms with Gasteiger partial charge in [-0.3, -0.25) is 4.79 Å². The fourth-order valence-corrected chi connectivity index (χ4v) is 1.25. The molecule has 4 N–H and O–H groups in total. The van der Waals surface area contributed by atoms with Crippen LogP contribution in [0.1, 0.15) is 12.5 Å². The van der Waals surface area contributed by atoms with Gasteiger partial charge in [0, 0.05) is 0 Å². The van der Waals surface area contributed by atoms with Crippen molar-refractivity contribution in [3.8, 4) is 5.75 Å². The Morgan fingerprint density at radius 2 is 1.93 bits per heavy atom. The number of hydrogen-bond acceptors (Lipinski definition) is 3. The summed E-state index contributed by atoms with van der Waals surface area (Å²) in [6, 6.07) is 7.39. The van der Waals surface area contributed by atoms with E-state index in [1.807, 2.05) is 24.3 Å². The van der Waals surface area contributed by atoms with Crippen LogP contribution in [0.25, 0.3) is 0 Å². The lowest BCUT2D eigenvalue weighted by Gasteiger charge is -2.20. The quantitative estimate of drug-likeness (QED) is 0.753. The summed E-state index contributed by atoms with van der Waals surface area (Å²) >= 11 is 0. The molecule has 0 aliphatic heterocycles. The predicted octanol–water partition coefficient (Wildman–Crippen LogP) is 0.440. The van der Waals surface area contributed by atoms with Crippen LogP contribution < -0.4 is 16.2 Å². The van der Waals surface area contributed by atoms with E-state index in [2.05, 4.69) is 0 Å². The van der Waals surface area contributed by atoms with Crippen LogP contribution in [-0.2, 0) is 11.2 Å². The highest BCUT2D eigenvalue weighted by Gasteiger charge is 2.25. The molecular weight excluding hydrogens is 192 g/mol. The van der Waals surface area contributed by atoms with Crippen LogP contribution in [0.15, 0.2) is 24.3 Å². The van der Waals surface area contributed by atoms with Crippen molar-refractivity contribution in [3.63, 3.8) is 0 Å². The van der Waals surface area contributed by atoms with E-state index >= 15 is 0 Å². The maximum atomic E-state index is 11.0. The normalized spacial score (nSPS) is 14.3. The average molecular weight is 208 g/mol. The van der Waals surface area contributed by atoms with E-state index in [4.69, 9.17) is 16.2 Å². The fourth-order valence-electron chi connectivity index (χ4n) is 1.25. The molecule has 1 atom stereocenters. The van der Waals surface area contributed by atoms with E-state index in [-0.39, 0.29) is 0 Å². The highest BCUT2D eigenvalue weighted by atomic mass is 16.5. The van der Waals surface area contributed by atoms with Crippen molar-refractivity contribution in [3.05, 3.63) is 29.8 Å². The molecule has 1 aromatic carbocycles. The summed E-state index contributed by atoms with van der Waals surface area (Å²) in [6.07, 6.45) is 0.423. The monoisotopic (exact) mass is 208 g/mol. The smallest absolute Gasteiger partial charge is 0.237 e. The van der Waals surface area contributed by atoms with Crippen LogP contribution in [0.4, 0.5) is 0 Å². The lowest BCUT2D eigenvalue weighted by atomic mass is 9.93. The van der Waals surface area contributed by atoms with Gasteiger partial charge < -0.3 is 16.2 Å². The van der Waals surface area contributed by atoms with Crippen LogP contribution in [0.5, 0.6) is 5.75 Å². The Hall–Kier alpha value is -1.55. The van der Waals surface area contributed by atoms with Crippen molar-refractivity contribution in [2.75, 3.05) is 7.11 Å². The van der Waals surface area contributed by atoms with Crippen molar-refractivity contribution in [2.45, 2.75) is 18.9 Å². The molecule has 0 spiro atoms. The molecule has 1 amide bonds. The molecule has 0 aromatic heterocycles. The van der Waals surface area contributed by atoms with Gasteiger partial charge >= 0.3 is 0 Å². The third-order valence-electron chi connectivity index (χ3n) is 2.29. The summed E-state index contributed by atoms with van der Waals surface area (Å²) < 4.78 is 5.02. The molecule has 0 aliphatic carbocycles. The van der Waals surface area contributed by atoms with Gasteiger partial charge in [0.15, 0.2) is 0 Å². The van der Waals surface area contributed by atoms with Crippen molar-refractivity contribution < 1.29 is 9.53 Å². The van der Waals surface area contributed by atoms with Crippen LogP contribution in [0, 0.1) is 0 Å². The van der Waals surface area contributed by atoms with Crippen LogP contribution in [0.3, 0.4) is 0 Å². The highest BCUT2D eigenvalue weighted by Crippen LogP contribution is 2.15. The van der Waals surface area contributed by atoms with Gasteiger partial charge in [-0.2, -0.15) is 0 Å². The fraction of sp³-hybridized carbons (Fsp3) is 0.364. The predicted molar refractivity (Wildman–Crippen MR) is 58.5 cm³/mol. The highest BCUT2D eigenvalue weighted by molar-refractivity contribution is 5.84. The average Bonchev–Trinajstić information content (AvgIpc) is 2.18. The summed E-state index contributed by atoms with van der Waals surface area (Å²) in [4.78, 5) is 11.0. The molecule has 0 unspecified atom stereocenters. The summed E-state index contributed by atoms with van der Waals surface area (Å²) in [7, 11) is 1.60. The first-order valence-electron chi connectivity index (χ1n) is 4.67. The number of benzene rings is 1. The van der Waals surface area contributed by atoms with Gasteiger partial charge in [-0.05, 0) is 31.0 Å². The molecule has 1 aromatic rings. The largest absolute Gasteiger partial charge is 0.497 e. The molecule has 1 rings (SSSR count). The number of rotatable bonds is 4. The number of ether oxygens (including phenoxy) is 1. The zero-order valence-corrected chi connectivity index (χ0v) is 8.99. The minimum absolute atomic E-state index is 0.423. The lowest BCUT2D eigenvalue weighted by Crippen LogP contribution is -2.51. The first kappa shape index (κ1) is 11.5. The van der Waals surface area contributed by atoms with Crippen LogP contribution in [-0.4, -0.2) is 18.6 Å². The number of nitrogens with two attached hydrogens (primary N) is 2. The number of primary amides is 1. The first-order chi connectivity index (χ1) is 6.95. The third-order valence-corrected chi connectivity index (χ3v) is 2.29. The van der Waals surface area contributed by atoms with Crippen LogP contribution in [0.2, 0.25) is 0 Å².